The zero-order valence-corrected chi connectivity index (χ0v) is 12.8. The normalized spacial score (nSPS) is 12.1. The van der Waals surface area contributed by atoms with Gasteiger partial charge >= 0.3 is 0 Å². The van der Waals surface area contributed by atoms with E-state index in [1.165, 1.54) is 11.8 Å². The molecule has 0 fully saturated rings. The van der Waals surface area contributed by atoms with E-state index in [0.717, 1.165) is 24.2 Å². The highest BCUT2D eigenvalue weighted by Gasteiger charge is 2.12. The summed E-state index contributed by atoms with van der Waals surface area (Å²) in [6, 6.07) is 9.96. The maximum atomic E-state index is 12.0. The number of benzene rings is 1. The van der Waals surface area contributed by atoms with E-state index < -0.39 is 0 Å². The minimum atomic E-state index is -0.220. The molecule has 0 bridgehead atoms. The van der Waals surface area contributed by atoms with Crippen LogP contribution in [0.2, 0.25) is 0 Å². The van der Waals surface area contributed by atoms with Crippen LogP contribution in [0.5, 0.6) is 0 Å². The summed E-state index contributed by atoms with van der Waals surface area (Å²) in [7, 11) is 0. The molecule has 2 rings (SSSR count). The predicted octanol–water partition coefficient (Wildman–Crippen LogP) is 3.90. The molecule has 1 aromatic heterocycles. The third-order valence-corrected chi connectivity index (χ3v) is 3.44. The largest absolute Gasteiger partial charge is 0.459 e. The lowest BCUT2D eigenvalue weighted by Crippen LogP contribution is -2.19. The van der Waals surface area contributed by atoms with Crippen molar-refractivity contribution in [3.63, 3.8) is 0 Å². The van der Waals surface area contributed by atoms with Gasteiger partial charge in [0.1, 0.15) is 0 Å². The summed E-state index contributed by atoms with van der Waals surface area (Å²) in [6.07, 6.45) is 2.63. The first-order chi connectivity index (χ1) is 10.1. The first-order valence-electron chi connectivity index (χ1n) is 7.30. The van der Waals surface area contributed by atoms with Crippen LogP contribution < -0.4 is 10.6 Å². The van der Waals surface area contributed by atoms with Gasteiger partial charge in [0.15, 0.2) is 5.76 Å². The third kappa shape index (κ3) is 3.95. The number of hydrogen-bond acceptors (Lipinski definition) is 3. The van der Waals surface area contributed by atoms with Gasteiger partial charge in [0.05, 0.1) is 6.26 Å². The van der Waals surface area contributed by atoms with E-state index >= 15 is 0 Å². The van der Waals surface area contributed by atoms with Gasteiger partial charge in [0.2, 0.25) is 0 Å². The van der Waals surface area contributed by atoms with Crippen molar-refractivity contribution in [3.05, 3.63) is 53.5 Å². The molecule has 0 saturated carbocycles. The number of anilines is 1. The van der Waals surface area contributed by atoms with Gasteiger partial charge in [-0.15, -0.1) is 0 Å². The molecular formula is C17H22N2O2. The monoisotopic (exact) mass is 286 g/mol. The molecule has 1 atom stereocenters. The van der Waals surface area contributed by atoms with Crippen molar-refractivity contribution in [2.75, 3.05) is 11.9 Å². The highest BCUT2D eigenvalue weighted by Crippen LogP contribution is 2.17. The van der Waals surface area contributed by atoms with Crippen LogP contribution in [0.25, 0.3) is 0 Å². The minimum absolute atomic E-state index is 0.220. The zero-order valence-electron chi connectivity index (χ0n) is 12.8. The van der Waals surface area contributed by atoms with E-state index in [1.54, 1.807) is 6.07 Å². The number of carbonyl (C=O) groups is 1. The Bertz CT molecular complexity index is 587. The third-order valence-electron chi connectivity index (χ3n) is 3.44. The molecule has 0 spiro atoms. The fourth-order valence-corrected chi connectivity index (χ4v) is 2.13. The Kier molecular flexibility index (Phi) is 5.17. The second kappa shape index (κ2) is 7.09. The van der Waals surface area contributed by atoms with Gasteiger partial charge in [-0.05, 0) is 50.6 Å². The van der Waals surface area contributed by atoms with Gasteiger partial charge < -0.3 is 15.1 Å². The first kappa shape index (κ1) is 15.3. The number of rotatable bonds is 6. The number of hydrogen-bond donors (Lipinski definition) is 2. The van der Waals surface area contributed by atoms with Crippen LogP contribution in [0.15, 0.2) is 41.0 Å². The minimum Gasteiger partial charge on any atom is -0.459 e. The smallest absolute Gasteiger partial charge is 0.291 e. The van der Waals surface area contributed by atoms with Crippen molar-refractivity contribution in [2.45, 2.75) is 33.2 Å². The summed E-state index contributed by atoms with van der Waals surface area (Å²) >= 11 is 0. The van der Waals surface area contributed by atoms with Crippen LogP contribution in [-0.2, 0) is 0 Å². The van der Waals surface area contributed by atoms with Crippen molar-refractivity contribution in [1.82, 2.24) is 5.32 Å². The molecule has 112 valence electrons. The molecule has 2 aromatic rings. The molecule has 0 aliphatic carbocycles. The second-order valence-corrected chi connectivity index (χ2v) is 5.18. The number of amides is 1. The van der Waals surface area contributed by atoms with Gasteiger partial charge in [-0.25, -0.2) is 0 Å². The Balaban J connectivity index is 1.99. The maximum absolute atomic E-state index is 12.0. The Morgan fingerprint density at radius 3 is 2.52 bits per heavy atom. The van der Waals surface area contributed by atoms with Gasteiger partial charge in [-0.1, -0.05) is 19.1 Å². The highest BCUT2D eigenvalue weighted by molar-refractivity contribution is 6.03. The lowest BCUT2D eigenvalue weighted by atomic mass is 10.1. The molecule has 0 radical (unpaired) electrons. The molecular weight excluding hydrogens is 264 g/mol. The van der Waals surface area contributed by atoms with Crippen LogP contribution in [-0.4, -0.2) is 12.5 Å². The average Bonchev–Trinajstić information content (AvgIpc) is 2.91. The summed E-state index contributed by atoms with van der Waals surface area (Å²) in [5.74, 6) is 0.138. The molecule has 0 aliphatic rings. The molecule has 4 nitrogen and oxygen atoms in total. The Morgan fingerprint density at radius 1 is 1.24 bits per heavy atom. The number of aryl methyl sites for hydroxylation is 1. The Morgan fingerprint density at radius 2 is 1.95 bits per heavy atom. The van der Waals surface area contributed by atoms with E-state index in [2.05, 4.69) is 24.5 Å². The van der Waals surface area contributed by atoms with Crippen LogP contribution >= 0.6 is 0 Å². The molecule has 21 heavy (non-hydrogen) atoms. The van der Waals surface area contributed by atoms with Gasteiger partial charge in [-0.3, -0.25) is 4.79 Å². The van der Waals surface area contributed by atoms with E-state index in [4.69, 9.17) is 4.42 Å². The SMILES string of the molecule is CCCNC(C)c1ccc(NC(=O)c2occc2C)cc1. The van der Waals surface area contributed by atoms with Gasteiger partial charge in [0, 0.05) is 17.3 Å². The first-order valence-corrected chi connectivity index (χ1v) is 7.30. The fourth-order valence-electron chi connectivity index (χ4n) is 2.13. The van der Waals surface area contributed by atoms with Crippen molar-refractivity contribution in [1.29, 1.82) is 0 Å². The van der Waals surface area contributed by atoms with E-state index in [1.807, 2.05) is 31.2 Å². The summed E-state index contributed by atoms with van der Waals surface area (Å²) in [5, 5.41) is 6.28. The van der Waals surface area contributed by atoms with Crippen molar-refractivity contribution in [2.24, 2.45) is 0 Å². The lowest BCUT2D eigenvalue weighted by Gasteiger charge is -2.14. The van der Waals surface area contributed by atoms with Crippen LogP contribution in [0.1, 0.15) is 48.0 Å². The van der Waals surface area contributed by atoms with Crippen LogP contribution in [0.3, 0.4) is 0 Å². The quantitative estimate of drug-likeness (QED) is 0.846. The van der Waals surface area contributed by atoms with Crippen LogP contribution in [0, 0.1) is 6.92 Å². The van der Waals surface area contributed by atoms with Crippen molar-refractivity contribution in [3.8, 4) is 0 Å². The van der Waals surface area contributed by atoms with Crippen LogP contribution in [0.4, 0.5) is 5.69 Å². The molecule has 1 aromatic carbocycles. The summed E-state index contributed by atoms with van der Waals surface area (Å²) < 4.78 is 5.18. The van der Waals surface area contributed by atoms with Crippen molar-refractivity contribution >= 4 is 11.6 Å². The van der Waals surface area contributed by atoms with E-state index in [-0.39, 0.29) is 5.91 Å². The molecule has 0 aliphatic heterocycles. The predicted molar refractivity (Wildman–Crippen MR) is 84.5 cm³/mol. The fraction of sp³-hybridized carbons (Fsp3) is 0.353. The maximum Gasteiger partial charge on any atom is 0.291 e. The lowest BCUT2D eigenvalue weighted by molar-refractivity contribution is 0.0996. The Labute approximate surface area is 125 Å². The molecule has 0 saturated heterocycles. The average molecular weight is 286 g/mol. The summed E-state index contributed by atoms with van der Waals surface area (Å²) in [6.45, 7) is 7.13. The topological polar surface area (TPSA) is 54.3 Å². The number of furan rings is 1. The molecule has 2 N–H and O–H groups in total. The molecule has 1 amide bonds. The van der Waals surface area contributed by atoms with E-state index in [9.17, 15) is 4.79 Å². The molecule has 1 heterocycles. The second-order valence-electron chi connectivity index (χ2n) is 5.18. The zero-order chi connectivity index (χ0) is 15.2. The van der Waals surface area contributed by atoms with Gasteiger partial charge in [-0.2, -0.15) is 0 Å². The summed E-state index contributed by atoms with van der Waals surface area (Å²) in [4.78, 5) is 12.0. The van der Waals surface area contributed by atoms with Gasteiger partial charge in [0.25, 0.3) is 5.91 Å². The number of carbonyl (C=O) groups excluding carboxylic acids is 1. The molecule has 1 unspecified atom stereocenters. The standard InChI is InChI=1S/C17H22N2O2/c1-4-10-18-13(3)14-5-7-15(8-6-14)19-17(20)16-12(2)9-11-21-16/h5-9,11,13,18H,4,10H2,1-3H3,(H,19,20). The molecule has 4 heteroatoms. The number of nitrogens with one attached hydrogen (secondary N) is 2. The summed E-state index contributed by atoms with van der Waals surface area (Å²) in [5.41, 5.74) is 2.80. The highest BCUT2D eigenvalue weighted by atomic mass is 16.3. The van der Waals surface area contributed by atoms with Crippen molar-refractivity contribution < 1.29 is 9.21 Å². The Hall–Kier alpha value is -2.07. The van der Waals surface area contributed by atoms with E-state index in [0.29, 0.717) is 11.8 Å².